The van der Waals surface area contributed by atoms with Gasteiger partial charge in [0.1, 0.15) is 11.0 Å². The van der Waals surface area contributed by atoms with Crippen molar-refractivity contribution in [1.29, 1.82) is 0 Å². The second-order valence-corrected chi connectivity index (χ2v) is 11.1. The molecular formula is C28H36Cl2N4O3. The highest BCUT2D eigenvalue weighted by Gasteiger charge is 2.46. The van der Waals surface area contributed by atoms with E-state index in [0.29, 0.717) is 36.1 Å². The van der Waals surface area contributed by atoms with E-state index in [1.165, 1.54) is 4.90 Å². The first-order valence-corrected chi connectivity index (χ1v) is 13.8. The van der Waals surface area contributed by atoms with Crippen molar-refractivity contribution in [3.63, 3.8) is 0 Å². The van der Waals surface area contributed by atoms with E-state index < -0.39 is 5.60 Å². The number of ether oxygens (including phenoxy) is 1. The molecule has 1 aromatic carbocycles. The summed E-state index contributed by atoms with van der Waals surface area (Å²) in [6, 6.07) is 11.1. The zero-order valence-corrected chi connectivity index (χ0v) is 23.4. The normalized spacial score (nSPS) is 20.2. The van der Waals surface area contributed by atoms with Crippen molar-refractivity contribution < 1.29 is 14.3 Å². The van der Waals surface area contributed by atoms with E-state index in [1.807, 2.05) is 42.3 Å². The predicted molar refractivity (Wildman–Crippen MR) is 147 cm³/mol. The van der Waals surface area contributed by atoms with Crippen molar-refractivity contribution in [3.05, 3.63) is 57.7 Å². The van der Waals surface area contributed by atoms with E-state index in [0.717, 1.165) is 56.6 Å². The maximum absolute atomic E-state index is 13.5. The molecule has 0 N–H and O–H groups in total. The van der Waals surface area contributed by atoms with Gasteiger partial charge in [-0.15, -0.1) is 0 Å². The molecule has 3 heterocycles. The molecule has 2 aliphatic heterocycles. The van der Waals surface area contributed by atoms with Gasteiger partial charge in [-0.25, -0.2) is 4.98 Å². The standard InChI is InChI=1S/C28H36Cl2N4O3/c1-32(2)26(35)23-10-11-24(31-25(23)30)34-16-12-20(13-17-34)7-5-15-33(3)27(36)28(14-6-18-37-28)21-8-4-9-22(29)19-21/h4,8-11,19-20H,5-7,12-18H2,1-3H3. The molecule has 1 unspecified atom stereocenters. The fourth-order valence-electron chi connectivity index (χ4n) is 5.38. The van der Waals surface area contributed by atoms with Crippen LogP contribution in [0, 0.1) is 5.92 Å². The van der Waals surface area contributed by atoms with Crippen LogP contribution in [0.15, 0.2) is 36.4 Å². The number of carbonyl (C=O) groups excluding carboxylic acids is 2. The molecule has 0 saturated carbocycles. The van der Waals surface area contributed by atoms with E-state index in [9.17, 15) is 9.59 Å². The predicted octanol–water partition coefficient (Wildman–Crippen LogP) is 5.25. The Morgan fingerprint density at radius 1 is 1.14 bits per heavy atom. The summed E-state index contributed by atoms with van der Waals surface area (Å²) in [7, 11) is 5.27. The highest BCUT2D eigenvalue weighted by Crippen LogP contribution is 2.39. The Morgan fingerprint density at radius 2 is 1.89 bits per heavy atom. The van der Waals surface area contributed by atoms with Gasteiger partial charge in [-0.05, 0) is 74.3 Å². The second kappa shape index (κ2) is 12.0. The minimum atomic E-state index is -0.925. The first-order valence-electron chi connectivity index (χ1n) is 13.0. The largest absolute Gasteiger partial charge is 0.360 e. The van der Waals surface area contributed by atoms with Crippen molar-refractivity contribution >= 4 is 40.8 Å². The lowest BCUT2D eigenvalue weighted by Crippen LogP contribution is -2.45. The molecule has 2 aliphatic rings. The summed E-state index contributed by atoms with van der Waals surface area (Å²) in [4.78, 5) is 35.8. The minimum absolute atomic E-state index is 0.0150. The number of aromatic nitrogens is 1. The summed E-state index contributed by atoms with van der Waals surface area (Å²) >= 11 is 12.5. The number of anilines is 1. The number of hydrogen-bond acceptors (Lipinski definition) is 5. The SMILES string of the molecule is CN(C)C(=O)c1ccc(N2CCC(CCCN(C)C(=O)C3(c4cccc(Cl)c4)CCCO3)CC2)nc1Cl. The summed E-state index contributed by atoms with van der Waals surface area (Å²) in [6.07, 6.45) is 5.68. The zero-order chi connectivity index (χ0) is 26.6. The van der Waals surface area contributed by atoms with Gasteiger partial charge in [0.2, 0.25) is 0 Å². The molecule has 37 heavy (non-hydrogen) atoms. The van der Waals surface area contributed by atoms with Crippen LogP contribution in [0.2, 0.25) is 10.2 Å². The lowest BCUT2D eigenvalue weighted by molar-refractivity contribution is -0.153. The number of pyridine rings is 1. The molecule has 9 heteroatoms. The van der Waals surface area contributed by atoms with Crippen molar-refractivity contribution in [1.82, 2.24) is 14.8 Å². The van der Waals surface area contributed by atoms with E-state index in [-0.39, 0.29) is 17.0 Å². The van der Waals surface area contributed by atoms with Crippen LogP contribution in [0.25, 0.3) is 0 Å². The molecule has 2 fully saturated rings. The molecule has 1 atom stereocenters. The van der Waals surface area contributed by atoms with Crippen molar-refractivity contribution in [2.75, 3.05) is 52.3 Å². The number of benzene rings is 1. The molecule has 0 bridgehead atoms. The van der Waals surface area contributed by atoms with Gasteiger partial charge in [-0.1, -0.05) is 35.3 Å². The monoisotopic (exact) mass is 546 g/mol. The lowest BCUT2D eigenvalue weighted by Gasteiger charge is -2.34. The molecule has 2 saturated heterocycles. The van der Waals surface area contributed by atoms with Gasteiger partial charge >= 0.3 is 0 Å². The molecule has 0 spiro atoms. The van der Waals surface area contributed by atoms with Crippen molar-refractivity contribution in [2.45, 2.75) is 44.1 Å². The van der Waals surface area contributed by atoms with Crippen molar-refractivity contribution in [3.8, 4) is 0 Å². The van der Waals surface area contributed by atoms with Crippen molar-refractivity contribution in [2.24, 2.45) is 5.92 Å². The third-order valence-electron chi connectivity index (χ3n) is 7.52. The van der Waals surface area contributed by atoms with Gasteiger partial charge in [0.05, 0.1) is 5.56 Å². The molecule has 200 valence electrons. The number of rotatable bonds is 8. The Kier molecular flexibility index (Phi) is 8.98. The molecule has 7 nitrogen and oxygen atoms in total. The van der Waals surface area contributed by atoms with Gasteiger partial charge < -0.3 is 19.4 Å². The minimum Gasteiger partial charge on any atom is -0.360 e. The quantitative estimate of drug-likeness (QED) is 0.423. The number of piperidine rings is 1. The van der Waals surface area contributed by atoms with E-state index in [2.05, 4.69) is 9.88 Å². The second-order valence-electron chi connectivity index (χ2n) is 10.3. The average molecular weight is 548 g/mol. The highest BCUT2D eigenvalue weighted by molar-refractivity contribution is 6.32. The molecule has 1 aromatic heterocycles. The fourth-order valence-corrected chi connectivity index (χ4v) is 5.80. The Hall–Kier alpha value is -2.35. The van der Waals surface area contributed by atoms with Gasteiger partial charge in [-0.2, -0.15) is 0 Å². The topological polar surface area (TPSA) is 66.0 Å². The number of amides is 2. The van der Waals surface area contributed by atoms with Crippen LogP contribution in [-0.2, 0) is 15.1 Å². The first kappa shape index (κ1) is 27.7. The van der Waals surface area contributed by atoms with Crippen LogP contribution in [0.3, 0.4) is 0 Å². The van der Waals surface area contributed by atoms with Crippen LogP contribution in [0.1, 0.15) is 54.4 Å². The third kappa shape index (κ3) is 6.21. The molecule has 0 aliphatic carbocycles. The molecule has 2 aromatic rings. The molecule has 2 amide bonds. The Morgan fingerprint density at radius 3 is 2.51 bits per heavy atom. The van der Waals surface area contributed by atoms with Crippen LogP contribution in [0.4, 0.5) is 5.82 Å². The lowest BCUT2D eigenvalue weighted by atomic mass is 9.89. The Bertz CT molecular complexity index is 1110. The fraction of sp³-hybridized carbons (Fsp3) is 0.536. The number of halogens is 2. The smallest absolute Gasteiger partial charge is 0.259 e. The summed E-state index contributed by atoms with van der Waals surface area (Å²) in [5.74, 6) is 1.28. The van der Waals surface area contributed by atoms with Crippen LogP contribution >= 0.6 is 23.2 Å². The Labute approximate surface area is 229 Å². The average Bonchev–Trinajstić information content (AvgIpc) is 3.39. The van der Waals surface area contributed by atoms with E-state index in [4.69, 9.17) is 27.9 Å². The number of hydrogen-bond donors (Lipinski definition) is 0. The van der Waals surface area contributed by atoms with Crippen LogP contribution in [0.5, 0.6) is 0 Å². The molecule has 4 rings (SSSR count). The summed E-state index contributed by atoms with van der Waals surface area (Å²) in [5.41, 5.74) is 0.338. The number of nitrogens with zero attached hydrogens (tertiary/aromatic N) is 4. The maximum atomic E-state index is 13.5. The van der Waals surface area contributed by atoms with Crippen LogP contribution in [-0.4, -0.2) is 74.0 Å². The number of carbonyl (C=O) groups is 2. The van der Waals surface area contributed by atoms with Gasteiger partial charge in [-0.3, -0.25) is 9.59 Å². The summed E-state index contributed by atoms with van der Waals surface area (Å²) < 4.78 is 6.06. The number of likely N-dealkylation sites (N-methyl/N-ethyl adjacent to an activating group) is 1. The molecular weight excluding hydrogens is 511 g/mol. The summed E-state index contributed by atoms with van der Waals surface area (Å²) in [6.45, 7) is 3.08. The van der Waals surface area contributed by atoms with Gasteiger partial charge in [0.15, 0.2) is 5.60 Å². The van der Waals surface area contributed by atoms with Gasteiger partial charge in [0.25, 0.3) is 11.8 Å². The zero-order valence-electron chi connectivity index (χ0n) is 21.9. The highest BCUT2D eigenvalue weighted by atomic mass is 35.5. The summed E-state index contributed by atoms with van der Waals surface area (Å²) in [5, 5.41) is 0.859. The van der Waals surface area contributed by atoms with E-state index in [1.54, 1.807) is 20.2 Å². The molecule has 0 radical (unpaired) electrons. The first-order chi connectivity index (χ1) is 17.7. The van der Waals surface area contributed by atoms with Gasteiger partial charge in [0, 0.05) is 52.4 Å². The van der Waals surface area contributed by atoms with Crippen LogP contribution < -0.4 is 4.90 Å². The van der Waals surface area contributed by atoms with E-state index >= 15 is 0 Å². The third-order valence-corrected chi connectivity index (χ3v) is 8.04. The Balaban J connectivity index is 1.27. The maximum Gasteiger partial charge on any atom is 0.259 e.